The smallest absolute Gasteiger partial charge is 0.192 e. The van der Waals surface area contributed by atoms with Gasteiger partial charge in [-0.25, -0.2) is 0 Å². The van der Waals surface area contributed by atoms with Crippen molar-refractivity contribution >= 4 is 22.5 Å². The van der Waals surface area contributed by atoms with E-state index in [0.29, 0.717) is 57.0 Å². The summed E-state index contributed by atoms with van der Waals surface area (Å²) < 4.78 is 6.08. The minimum atomic E-state index is -0.634. The highest BCUT2D eigenvalue weighted by molar-refractivity contribution is 6.13. The second-order valence-corrected chi connectivity index (χ2v) is 9.70. The van der Waals surface area contributed by atoms with Crippen molar-refractivity contribution in [3.05, 3.63) is 104 Å². The number of nitrogens with one attached hydrogen (secondary N) is 1. The van der Waals surface area contributed by atoms with E-state index in [1.165, 1.54) is 6.07 Å². The third kappa shape index (κ3) is 4.16. The van der Waals surface area contributed by atoms with Gasteiger partial charge in [-0.3, -0.25) is 14.4 Å². The van der Waals surface area contributed by atoms with Gasteiger partial charge >= 0.3 is 0 Å². The number of ketones is 2. The molecule has 0 amide bonds. The minimum Gasteiger partial charge on any atom is -0.461 e. The fourth-order valence-electron chi connectivity index (χ4n) is 5.33. The van der Waals surface area contributed by atoms with Crippen LogP contribution in [0.5, 0.6) is 0 Å². The molecule has 1 aliphatic heterocycles. The molecule has 35 heavy (non-hydrogen) atoms. The molecule has 1 atom stereocenters. The SMILES string of the molecule is CC1=C(C(=O)CC2CCC2)C(c2cccc3c(=O)cc(C)oc23)C(C(=O)c2ccccc2)=C(C)N1. The van der Waals surface area contributed by atoms with Gasteiger partial charge < -0.3 is 9.73 Å². The molecule has 0 bridgehead atoms. The Balaban J connectivity index is 1.74. The first-order valence-corrected chi connectivity index (χ1v) is 12.2. The first-order valence-electron chi connectivity index (χ1n) is 12.2. The second-order valence-electron chi connectivity index (χ2n) is 9.70. The van der Waals surface area contributed by atoms with Crippen molar-refractivity contribution in [2.24, 2.45) is 5.92 Å². The molecule has 0 radical (unpaired) electrons. The van der Waals surface area contributed by atoms with Gasteiger partial charge in [-0.1, -0.05) is 61.7 Å². The third-order valence-electron chi connectivity index (χ3n) is 7.26. The number of hydrogen-bond donors (Lipinski definition) is 1. The summed E-state index contributed by atoms with van der Waals surface area (Å²) in [4.78, 5) is 40.4. The molecule has 2 aromatic carbocycles. The Bertz CT molecular complexity index is 1450. The molecule has 5 rings (SSSR count). The Morgan fingerprint density at radius 1 is 0.943 bits per heavy atom. The summed E-state index contributed by atoms with van der Waals surface area (Å²) >= 11 is 0. The maximum Gasteiger partial charge on any atom is 0.192 e. The Kier molecular flexibility index (Phi) is 6.01. The molecule has 1 saturated carbocycles. The zero-order valence-electron chi connectivity index (χ0n) is 20.3. The van der Waals surface area contributed by atoms with Crippen LogP contribution < -0.4 is 10.7 Å². The average Bonchev–Trinajstić information content (AvgIpc) is 2.80. The molecular formula is C30H29NO4. The van der Waals surface area contributed by atoms with Gasteiger partial charge in [-0.15, -0.1) is 0 Å². The number of benzene rings is 2. The molecule has 1 aromatic heterocycles. The number of fused-ring (bicyclic) bond motifs is 1. The summed E-state index contributed by atoms with van der Waals surface area (Å²) in [5.74, 6) is 0.141. The van der Waals surface area contributed by atoms with Gasteiger partial charge in [0.25, 0.3) is 0 Å². The predicted molar refractivity (Wildman–Crippen MR) is 136 cm³/mol. The van der Waals surface area contributed by atoms with E-state index in [9.17, 15) is 14.4 Å². The molecule has 1 N–H and O–H groups in total. The van der Waals surface area contributed by atoms with Crippen molar-refractivity contribution in [1.82, 2.24) is 5.32 Å². The van der Waals surface area contributed by atoms with Crippen molar-refractivity contribution in [3.8, 4) is 0 Å². The number of Topliss-reactive ketones (excluding diaryl/α,β-unsaturated/α-hetero) is 2. The number of allylic oxidation sites excluding steroid dienone is 4. The van der Waals surface area contributed by atoms with E-state index in [1.807, 2.05) is 38.1 Å². The van der Waals surface area contributed by atoms with Crippen LogP contribution in [0.25, 0.3) is 11.0 Å². The van der Waals surface area contributed by atoms with Gasteiger partial charge in [0, 0.05) is 52.1 Å². The number of rotatable bonds is 6. The fourth-order valence-corrected chi connectivity index (χ4v) is 5.33. The number of dihydropyridines is 1. The van der Waals surface area contributed by atoms with Crippen molar-refractivity contribution in [2.75, 3.05) is 0 Å². The highest BCUT2D eigenvalue weighted by atomic mass is 16.3. The molecule has 5 nitrogen and oxygen atoms in total. The largest absolute Gasteiger partial charge is 0.461 e. The van der Waals surface area contributed by atoms with Gasteiger partial charge in [0.15, 0.2) is 17.0 Å². The lowest BCUT2D eigenvalue weighted by molar-refractivity contribution is -0.117. The monoisotopic (exact) mass is 467 g/mol. The third-order valence-corrected chi connectivity index (χ3v) is 7.26. The van der Waals surface area contributed by atoms with E-state index >= 15 is 0 Å². The molecule has 1 fully saturated rings. The van der Waals surface area contributed by atoms with Crippen molar-refractivity contribution < 1.29 is 14.0 Å². The van der Waals surface area contributed by atoms with E-state index in [0.717, 1.165) is 25.0 Å². The Morgan fingerprint density at radius 2 is 1.66 bits per heavy atom. The molecule has 1 unspecified atom stereocenters. The first-order chi connectivity index (χ1) is 16.8. The molecule has 178 valence electrons. The summed E-state index contributed by atoms with van der Waals surface area (Å²) in [5.41, 5.74) is 4.05. The van der Waals surface area contributed by atoms with Gasteiger partial charge in [0.2, 0.25) is 0 Å². The molecule has 1 aliphatic carbocycles. The summed E-state index contributed by atoms with van der Waals surface area (Å²) in [7, 11) is 0. The molecule has 0 saturated heterocycles. The highest BCUT2D eigenvalue weighted by Crippen LogP contribution is 2.44. The van der Waals surface area contributed by atoms with Crippen LogP contribution in [-0.4, -0.2) is 11.6 Å². The van der Waals surface area contributed by atoms with Crippen LogP contribution in [0.1, 0.15) is 67.1 Å². The predicted octanol–water partition coefficient (Wildman–Crippen LogP) is 5.98. The minimum absolute atomic E-state index is 0.0440. The lowest BCUT2D eigenvalue weighted by Crippen LogP contribution is -2.32. The van der Waals surface area contributed by atoms with Gasteiger partial charge in [-0.05, 0) is 32.8 Å². The lowest BCUT2D eigenvalue weighted by atomic mass is 9.73. The standard InChI is InChI=1S/C30H29NO4/c1-17-15-24(32)22-13-8-14-23(30(22)35-17)28-26(25(33)16-20-9-7-10-20)18(2)31-19(3)27(28)29(34)21-11-5-4-6-12-21/h4-6,8,11-15,20,28,31H,7,9-10,16H2,1-3H3. The fraction of sp³-hybridized carbons (Fsp3) is 0.300. The topological polar surface area (TPSA) is 76.4 Å². The summed E-state index contributed by atoms with van der Waals surface area (Å²) in [6, 6.07) is 16.0. The number of aryl methyl sites for hydroxylation is 1. The van der Waals surface area contributed by atoms with Crippen LogP contribution in [0.2, 0.25) is 0 Å². The van der Waals surface area contributed by atoms with Crippen LogP contribution >= 0.6 is 0 Å². The van der Waals surface area contributed by atoms with Crippen LogP contribution in [0.15, 0.2) is 86.3 Å². The quantitative estimate of drug-likeness (QED) is 0.452. The van der Waals surface area contributed by atoms with Crippen LogP contribution in [0.3, 0.4) is 0 Å². The average molecular weight is 468 g/mol. The number of para-hydroxylation sites is 1. The van der Waals surface area contributed by atoms with Crippen LogP contribution in [0, 0.1) is 12.8 Å². The van der Waals surface area contributed by atoms with Gasteiger partial charge in [0.05, 0.1) is 5.39 Å². The van der Waals surface area contributed by atoms with Crippen molar-refractivity contribution in [2.45, 2.75) is 52.4 Å². The Morgan fingerprint density at radius 3 is 2.34 bits per heavy atom. The molecule has 3 aromatic rings. The maximum absolute atomic E-state index is 13.9. The molecule has 2 heterocycles. The highest BCUT2D eigenvalue weighted by Gasteiger charge is 2.38. The van der Waals surface area contributed by atoms with Crippen LogP contribution in [0.4, 0.5) is 0 Å². The number of carbonyl (C=O) groups is 2. The molecule has 5 heteroatoms. The van der Waals surface area contributed by atoms with E-state index in [1.54, 1.807) is 31.2 Å². The lowest BCUT2D eigenvalue weighted by Gasteiger charge is -2.33. The second kappa shape index (κ2) is 9.14. The molecule has 2 aliphatic rings. The summed E-state index contributed by atoms with van der Waals surface area (Å²) in [5, 5.41) is 3.76. The molecule has 0 spiro atoms. The van der Waals surface area contributed by atoms with Crippen LogP contribution in [-0.2, 0) is 4.79 Å². The maximum atomic E-state index is 13.9. The normalized spacial score (nSPS) is 18.4. The zero-order valence-corrected chi connectivity index (χ0v) is 20.3. The molecular weight excluding hydrogens is 438 g/mol. The van der Waals surface area contributed by atoms with E-state index in [2.05, 4.69) is 5.32 Å². The Hall–Kier alpha value is -3.73. The van der Waals surface area contributed by atoms with Crippen molar-refractivity contribution in [1.29, 1.82) is 0 Å². The summed E-state index contributed by atoms with van der Waals surface area (Å²) in [6.07, 6.45) is 3.74. The van der Waals surface area contributed by atoms with E-state index < -0.39 is 5.92 Å². The first kappa shape index (κ1) is 23.0. The van der Waals surface area contributed by atoms with E-state index in [4.69, 9.17) is 4.42 Å². The van der Waals surface area contributed by atoms with Gasteiger partial charge in [-0.2, -0.15) is 0 Å². The summed E-state index contributed by atoms with van der Waals surface area (Å²) in [6.45, 7) is 5.49. The Labute approximate surface area is 204 Å². The zero-order chi connectivity index (χ0) is 24.7. The number of carbonyl (C=O) groups excluding carboxylic acids is 2. The van der Waals surface area contributed by atoms with Gasteiger partial charge in [0.1, 0.15) is 11.3 Å². The van der Waals surface area contributed by atoms with E-state index in [-0.39, 0.29) is 17.0 Å². The van der Waals surface area contributed by atoms with Crippen molar-refractivity contribution in [3.63, 3.8) is 0 Å². The number of hydrogen-bond acceptors (Lipinski definition) is 5.